The van der Waals surface area contributed by atoms with Crippen LogP contribution in [0.3, 0.4) is 0 Å². The first-order valence-corrected chi connectivity index (χ1v) is 7.89. The standard InChI is InChI=1S/C13H9Br2NO3S/c1-6-2-3-9(7(4-6)13(18)19)16-12(17)10-5-8(14)11(15)20-10/h2-5H,1H3,(H,16,17)(H,18,19). The number of thiophene rings is 1. The van der Waals surface area contributed by atoms with E-state index in [1.165, 1.54) is 17.4 Å². The maximum absolute atomic E-state index is 12.1. The van der Waals surface area contributed by atoms with Gasteiger partial charge in [0.05, 0.1) is 19.9 Å². The number of carbonyl (C=O) groups is 2. The molecule has 0 bridgehead atoms. The molecule has 0 atom stereocenters. The van der Waals surface area contributed by atoms with Gasteiger partial charge in [0.25, 0.3) is 5.91 Å². The number of carboxylic acids is 1. The summed E-state index contributed by atoms with van der Waals surface area (Å²) in [6, 6.07) is 6.55. The maximum Gasteiger partial charge on any atom is 0.337 e. The number of aromatic carboxylic acids is 1. The largest absolute Gasteiger partial charge is 0.478 e. The van der Waals surface area contributed by atoms with E-state index in [0.29, 0.717) is 4.88 Å². The lowest BCUT2D eigenvalue weighted by atomic mass is 10.1. The minimum Gasteiger partial charge on any atom is -0.478 e. The van der Waals surface area contributed by atoms with Gasteiger partial charge in [-0.05, 0) is 57.0 Å². The number of hydrogen-bond donors (Lipinski definition) is 2. The topological polar surface area (TPSA) is 66.4 Å². The SMILES string of the molecule is Cc1ccc(NC(=O)c2cc(Br)c(Br)s2)c(C(=O)O)c1. The minimum absolute atomic E-state index is 0.0769. The van der Waals surface area contributed by atoms with E-state index >= 15 is 0 Å². The van der Waals surface area contributed by atoms with Gasteiger partial charge in [-0.1, -0.05) is 11.6 Å². The lowest BCUT2D eigenvalue weighted by Gasteiger charge is -2.08. The van der Waals surface area contributed by atoms with Crippen LogP contribution in [-0.2, 0) is 0 Å². The molecule has 4 nitrogen and oxygen atoms in total. The number of anilines is 1. The van der Waals surface area contributed by atoms with Gasteiger partial charge in [0.2, 0.25) is 0 Å². The van der Waals surface area contributed by atoms with Crippen LogP contribution in [0.1, 0.15) is 25.6 Å². The monoisotopic (exact) mass is 417 g/mol. The molecule has 0 radical (unpaired) electrons. The summed E-state index contributed by atoms with van der Waals surface area (Å²) in [5.74, 6) is -1.41. The lowest BCUT2D eigenvalue weighted by Crippen LogP contribution is -2.13. The highest BCUT2D eigenvalue weighted by Gasteiger charge is 2.16. The fourth-order valence-electron chi connectivity index (χ4n) is 1.59. The first-order chi connectivity index (χ1) is 9.38. The average Bonchev–Trinajstić information content (AvgIpc) is 2.71. The predicted molar refractivity (Wildman–Crippen MR) is 85.8 cm³/mol. The normalized spacial score (nSPS) is 10.3. The van der Waals surface area contributed by atoms with Crippen molar-refractivity contribution in [3.63, 3.8) is 0 Å². The van der Waals surface area contributed by atoms with Crippen molar-refractivity contribution in [2.24, 2.45) is 0 Å². The number of benzene rings is 1. The Morgan fingerprint density at radius 3 is 2.50 bits per heavy atom. The van der Waals surface area contributed by atoms with E-state index in [1.54, 1.807) is 25.1 Å². The quantitative estimate of drug-likeness (QED) is 0.769. The molecule has 0 fully saturated rings. The van der Waals surface area contributed by atoms with Crippen LogP contribution in [0.2, 0.25) is 0 Å². The van der Waals surface area contributed by atoms with Crippen molar-refractivity contribution in [2.45, 2.75) is 6.92 Å². The van der Waals surface area contributed by atoms with E-state index in [0.717, 1.165) is 13.8 Å². The van der Waals surface area contributed by atoms with Gasteiger partial charge < -0.3 is 10.4 Å². The zero-order valence-corrected chi connectivity index (χ0v) is 14.2. The third-order valence-electron chi connectivity index (χ3n) is 2.52. The van der Waals surface area contributed by atoms with Crippen LogP contribution in [0.25, 0.3) is 0 Å². The van der Waals surface area contributed by atoms with Crippen LogP contribution in [-0.4, -0.2) is 17.0 Å². The second-order valence-corrected chi connectivity index (χ2v) is 7.27. The number of carbonyl (C=O) groups excluding carboxylic acids is 1. The number of hydrogen-bond acceptors (Lipinski definition) is 3. The molecule has 1 aromatic carbocycles. The number of aryl methyl sites for hydroxylation is 1. The summed E-state index contributed by atoms with van der Waals surface area (Å²) in [4.78, 5) is 23.8. The second kappa shape index (κ2) is 6.07. The molecule has 7 heteroatoms. The van der Waals surface area contributed by atoms with Gasteiger partial charge >= 0.3 is 5.97 Å². The van der Waals surface area contributed by atoms with Crippen LogP contribution in [0.4, 0.5) is 5.69 Å². The summed E-state index contributed by atoms with van der Waals surface area (Å²) < 4.78 is 1.60. The molecule has 1 amide bonds. The van der Waals surface area contributed by atoms with Gasteiger partial charge in [-0.25, -0.2) is 4.79 Å². The number of nitrogens with one attached hydrogen (secondary N) is 1. The first-order valence-electron chi connectivity index (χ1n) is 5.48. The predicted octanol–water partition coefficient (Wildman–Crippen LogP) is 4.53. The van der Waals surface area contributed by atoms with Crippen molar-refractivity contribution >= 4 is 60.8 Å². The number of amides is 1. The fourth-order valence-corrected chi connectivity index (χ4v) is 3.52. The molecule has 0 unspecified atom stereocenters. The van der Waals surface area contributed by atoms with E-state index in [9.17, 15) is 9.59 Å². The Kier molecular flexibility index (Phi) is 4.62. The second-order valence-electron chi connectivity index (χ2n) is 4.04. The van der Waals surface area contributed by atoms with Crippen molar-refractivity contribution in [2.75, 3.05) is 5.32 Å². The van der Waals surface area contributed by atoms with Gasteiger partial charge in [-0.15, -0.1) is 11.3 Å². The van der Waals surface area contributed by atoms with Crippen LogP contribution in [0, 0.1) is 6.92 Å². The smallest absolute Gasteiger partial charge is 0.337 e. The van der Waals surface area contributed by atoms with Crippen molar-refractivity contribution in [1.82, 2.24) is 0 Å². The lowest BCUT2D eigenvalue weighted by molar-refractivity contribution is 0.0698. The van der Waals surface area contributed by atoms with Gasteiger partial charge in [-0.2, -0.15) is 0 Å². The maximum atomic E-state index is 12.1. The van der Waals surface area contributed by atoms with Crippen molar-refractivity contribution in [1.29, 1.82) is 0 Å². The summed E-state index contributed by atoms with van der Waals surface area (Å²) in [5.41, 5.74) is 1.18. The molecule has 0 aliphatic rings. The number of carboxylic acid groups (broad SMARTS) is 1. The van der Waals surface area contributed by atoms with Crippen molar-refractivity contribution in [3.05, 3.63) is 48.5 Å². The van der Waals surface area contributed by atoms with Crippen LogP contribution in [0.5, 0.6) is 0 Å². The van der Waals surface area contributed by atoms with E-state index < -0.39 is 5.97 Å². The summed E-state index contributed by atoms with van der Waals surface area (Å²) in [6.07, 6.45) is 0. The Balaban J connectivity index is 2.30. The first kappa shape index (κ1) is 15.2. The van der Waals surface area contributed by atoms with Crippen LogP contribution >= 0.6 is 43.2 Å². The molecular weight excluding hydrogens is 410 g/mol. The summed E-state index contributed by atoms with van der Waals surface area (Å²) >= 11 is 7.89. The highest BCUT2D eigenvalue weighted by molar-refractivity contribution is 9.13. The van der Waals surface area contributed by atoms with Crippen molar-refractivity contribution < 1.29 is 14.7 Å². The summed E-state index contributed by atoms with van der Waals surface area (Å²) in [6.45, 7) is 1.80. The molecule has 20 heavy (non-hydrogen) atoms. The Labute approximate surface area is 136 Å². The Hall–Kier alpha value is -1.18. The third-order valence-corrected chi connectivity index (χ3v) is 5.78. The molecule has 0 saturated carbocycles. The molecule has 0 saturated heterocycles. The molecule has 2 rings (SSSR count). The highest BCUT2D eigenvalue weighted by Crippen LogP contribution is 2.33. The fraction of sp³-hybridized carbons (Fsp3) is 0.0769. The zero-order valence-electron chi connectivity index (χ0n) is 10.2. The molecule has 2 N–H and O–H groups in total. The van der Waals surface area contributed by atoms with Gasteiger partial charge in [0.1, 0.15) is 0 Å². The van der Waals surface area contributed by atoms with E-state index in [-0.39, 0.29) is 17.2 Å². The average molecular weight is 419 g/mol. The van der Waals surface area contributed by atoms with E-state index in [4.69, 9.17) is 5.11 Å². The van der Waals surface area contributed by atoms with Crippen LogP contribution in [0.15, 0.2) is 32.5 Å². The minimum atomic E-state index is -1.07. The Morgan fingerprint density at radius 1 is 1.25 bits per heavy atom. The molecule has 104 valence electrons. The molecule has 0 aliphatic heterocycles. The highest BCUT2D eigenvalue weighted by atomic mass is 79.9. The van der Waals surface area contributed by atoms with E-state index in [2.05, 4.69) is 37.2 Å². The van der Waals surface area contributed by atoms with Gasteiger partial charge in [0, 0.05) is 4.47 Å². The molecule has 1 aromatic heterocycles. The molecular formula is C13H9Br2NO3S. The van der Waals surface area contributed by atoms with Gasteiger partial charge in [0.15, 0.2) is 0 Å². The summed E-state index contributed by atoms with van der Waals surface area (Å²) in [7, 11) is 0. The van der Waals surface area contributed by atoms with Gasteiger partial charge in [-0.3, -0.25) is 4.79 Å². The van der Waals surface area contributed by atoms with Crippen LogP contribution < -0.4 is 5.32 Å². The molecule has 2 aromatic rings. The van der Waals surface area contributed by atoms with E-state index in [1.807, 2.05) is 0 Å². The third kappa shape index (κ3) is 3.28. The van der Waals surface area contributed by atoms with Crippen molar-refractivity contribution in [3.8, 4) is 0 Å². The number of halogens is 2. The summed E-state index contributed by atoms with van der Waals surface area (Å²) in [5, 5.41) is 11.8. The zero-order chi connectivity index (χ0) is 14.9. The molecule has 0 aliphatic carbocycles. The Morgan fingerprint density at radius 2 is 1.95 bits per heavy atom. The number of rotatable bonds is 3. The molecule has 1 heterocycles. The molecule has 0 spiro atoms. The Bertz CT molecular complexity index is 677.